The van der Waals surface area contributed by atoms with Crippen molar-refractivity contribution in [2.24, 2.45) is 23.2 Å². The third-order valence-corrected chi connectivity index (χ3v) is 5.64. The van der Waals surface area contributed by atoms with Crippen molar-refractivity contribution in [2.75, 3.05) is 0 Å². The van der Waals surface area contributed by atoms with Gasteiger partial charge in [0, 0.05) is 11.8 Å². The Labute approximate surface area is 124 Å². The highest BCUT2D eigenvalue weighted by atomic mass is 16.5. The molecule has 4 aliphatic carbocycles. The van der Waals surface area contributed by atoms with E-state index in [1.54, 1.807) is 0 Å². The molecular formula is C18H20O3. The topological polar surface area (TPSA) is 43.4 Å². The van der Waals surface area contributed by atoms with Crippen molar-refractivity contribution in [3.8, 4) is 0 Å². The van der Waals surface area contributed by atoms with Crippen molar-refractivity contribution in [2.45, 2.75) is 38.7 Å². The molecule has 1 aromatic carbocycles. The summed E-state index contributed by atoms with van der Waals surface area (Å²) in [6, 6.07) is 9.79. The lowest BCUT2D eigenvalue weighted by molar-refractivity contribution is -0.175. The van der Waals surface area contributed by atoms with Gasteiger partial charge in [-0.15, -0.1) is 0 Å². The van der Waals surface area contributed by atoms with Crippen LogP contribution in [0.5, 0.6) is 0 Å². The quantitative estimate of drug-likeness (QED) is 0.801. The van der Waals surface area contributed by atoms with E-state index in [2.05, 4.69) is 0 Å². The highest BCUT2D eigenvalue weighted by Gasteiger charge is 2.58. The molecule has 0 spiro atoms. The maximum absolute atomic E-state index is 12.6. The first-order valence-electron chi connectivity index (χ1n) is 7.91. The Hall–Kier alpha value is -1.64. The minimum Gasteiger partial charge on any atom is -0.460 e. The molecule has 0 aromatic heterocycles. The molecule has 0 radical (unpaired) electrons. The number of ether oxygens (including phenoxy) is 1. The smallest absolute Gasteiger partial charge is 0.312 e. The van der Waals surface area contributed by atoms with Crippen LogP contribution >= 0.6 is 0 Å². The van der Waals surface area contributed by atoms with Crippen LogP contribution in [0.3, 0.4) is 0 Å². The monoisotopic (exact) mass is 284 g/mol. The summed E-state index contributed by atoms with van der Waals surface area (Å²) in [4.78, 5) is 24.8. The van der Waals surface area contributed by atoms with Crippen molar-refractivity contribution >= 4 is 11.8 Å². The summed E-state index contributed by atoms with van der Waals surface area (Å²) < 4.78 is 5.60. The largest absolute Gasteiger partial charge is 0.460 e. The molecule has 1 aromatic rings. The summed E-state index contributed by atoms with van der Waals surface area (Å²) in [5, 5.41) is 0. The lowest BCUT2D eigenvalue weighted by Crippen LogP contribution is -2.54. The third-order valence-electron chi connectivity index (χ3n) is 5.64. The Bertz CT molecular complexity index is 559. The first-order chi connectivity index (χ1) is 10.2. The molecule has 2 atom stereocenters. The summed E-state index contributed by atoms with van der Waals surface area (Å²) in [6.45, 7) is 0.343. The molecule has 3 heteroatoms. The molecule has 4 bridgehead atoms. The van der Waals surface area contributed by atoms with E-state index >= 15 is 0 Å². The van der Waals surface area contributed by atoms with Gasteiger partial charge in [-0.25, -0.2) is 0 Å². The van der Waals surface area contributed by atoms with Gasteiger partial charge in [0.05, 0.1) is 5.41 Å². The van der Waals surface area contributed by atoms with Crippen molar-refractivity contribution in [3.05, 3.63) is 35.9 Å². The summed E-state index contributed by atoms with van der Waals surface area (Å²) in [7, 11) is 0. The Morgan fingerprint density at radius 3 is 2.43 bits per heavy atom. The van der Waals surface area contributed by atoms with E-state index in [1.165, 1.54) is 0 Å². The SMILES string of the molecule is O=C1C2CC3CC1CC(C(=O)OCc1ccccc1)(C3)C2. The minimum atomic E-state index is -0.362. The highest BCUT2D eigenvalue weighted by molar-refractivity contribution is 5.89. The fourth-order valence-corrected chi connectivity index (χ4v) is 4.87. The van der Waals surface area contributed by atoms with Crippen molar-refractivity contribution < 1.29 is 14.3 Å². The molecule has 4 saturated carbocycles. The summed E-state index contributed by atoms with van der Waals surface area (Å²) in [6.07, 6.45) is 4.39. The van der Waals surface area contributed by atoms with Crippen LogP contribution in [-0.4, -0.2) is 11.8 Å². The van der Waals surface area contributed by atoms with Gasteiger partial charge in [-0.2, -0.15) is 0 Å². The standard InChI is InChI=1S/C18H20O3/c19-16-14-6-13-7-15(16)10-18(8-13,9-14)17(20)21-11-12-4-2-1-3-5-12/h1-5,13-15H,6-11H2. The van der Waals surface area contributed by atoms with E-state index in [0.29, 0.717) is 18.3 Å². The number of carbonyl (C=O) groups is 2. The molecule has 4 fully saturated rings. The van der Waals surface area contributed by atoms with E-state index < -0.39 is 0 Å². The van der Waals surface area contributed by atoms with Gasteiger partial charge >= 0.3 is 5.97 Å². The number of rotatable bonds is 3. The van der Waals surface area contributed by atoms with Crippen LogP contribution < -0.4 is 0 Å². The van der Waals surface area contributed by atoms with Crippen LogP contribution in [0.15, 0.2) is 30.3 Å². The second-order valence-corrected chi connectivity index (χ2v) is 7.09. The van der Waals surface area contributed by atoms with Crippen LogP contribution in [-0.2, 0) is 20.9 Å². The molecule has 2 unspecified atom stereocenters. The number of ketones is 1. The van der Waals surface area contributed by atoms with Crippen LogP contribution in [0, 0.1) is 23.2 Å². The molecule has 5 rings (SSSR count). The number of carbonyl (C=O) groups excluding carboxylic acids is 2. The van der Waals surface area contributed by atoms with Gasteiger partial charge in [0.2, 0.25) is 0 Å². The first-order valence-corrected chi connectivity index (χ1v) is 7.91. The Morgan fingerprint density at radius 2 is 1.76 bits per heavy atom. The Morgan fingerprint density at radius 1 is 1.10 bits per heavy atom. The van der Waals surface area contributed by atoms with E-state index in [4.69, 9.17) is 4.74 Å². The van der Waals surface area contributed by atoms with Crippen LogP contribution in [0.25, 0.3) is 0 Å². The Balaban J connectivity index is 1.48. The highest BCUT2D eigenvalue weighted by Crippen LogP contribution is 2.59. The molecule has 0 N–H and O–H groups in total. The van der Waals surface area contributed by atoms with Gasteiger partial charge in [0.15, 0.2) is 0 Å². The van der Waals surface area contributed by atoms with Gasteiger partial charge < -0.3 is 4.74 Å². The van der Waals surface area contributed by atoms with Gasteiger partial charge in [-0.3, -0.25) is 9.59 Å². The zero-order valence-electron chi connectivity index (χ0n) is 12.1. The van der Waals surface area contributed by atoms with Crippen molar-refractivity contribution in [3.63, 3.8) is 0 Å². The maximum atomic E-state index is 12.6. The lowest BCUT2D eigenvalue weighted by atomic mass is 9.49. The van der Waals surface area contributed by atoms with Gasteiger partial charge in [-0.1, -0.05) is 30.3 Å². The second-order valence-electron chi connectivity index (χ2n) is 7.09. The summed E-state index contributed by atoms with van der Waals surface area (Å²) in [5.41, 5.74) is 0.658. The number of benzene rings is 1. The molecule has 0 heterocycles. The fourth-order valence-electron chi connectivity index (χ4n) is 4.87. The van der Waals surface area contributed by atoms with Crippen molar-refractivity contribution in [1.82, 2.24) is 0 Å². The number of hydrogen-bond acceptors (Lipinski definition) is 3. The Kier molecular flexibility index (Phi) is 2.91. The maximum Gasteiger partial charge on any atom is 0.312 e. The van der Waals surface area contributed by atoms with E-state index in [-0.39, 0.29) is 23.2 Å². The predicted molar refractivity (Wildman–Crippen MR) is 77.2 cm³/mol. The molecular weight excluding hydrogens is 264 g/mol. The van der Waals surface area contributed by atoms with Crippen LogP contribution in [0.2, 0.25) is 0 Å². The molecule has 0 amide bonds. The zero-order valence-corrected chi connectivity index (χ0v) is 12.1. The van der Waals surface area contributed by atoms with Gasteiger partial charge in [0.1, 0.15) is 12.4 Å². The number of Topliss-reactive ketones (excluding diaryl/α,β-unsaturated/α-hetero) is 1. The normalized spacial score (nSPS) is 36.8. The molecule has 0 aliphatic heterocycles. The average Bonchev–Trinajstić information content (AvgIpc) is 2.50. The van der Waals surface area contributed by atoms with E-state index in [1.807, 2.05) is 30.3 Å². The summed E-state index contributed by atoms with van der Waals surface area (Å²) >= 11 is 0. The molecule has 4 aliphatic rings. The molecule has 0 saturated heterocycles. The molecule has 110 valence electrons. The lowest BCUT2D eigenvalue weighted by Gasteiger charge is -2.53. The number of hydrogen-bond donors (Lipinski definition) is 0. The predicted octanol–water partition coefficient (Wildman–Crippen LogP) is 3.13. The first kappa shape index (κ1) is 13.1. The molecule has 21 heavy (non-hydrogen) atoms. The zero-order chi connectivity index (χ0) is 14.4. The fraction of sp³-hybridized carbons (Fsp3) is 0.556. The van der Waals surface area contributed by atoms with E-state index in [0.717, 1.165) is 37.7 Å². The second kappa shape index (κ2) is 4.69. The third kappa shape index (κ3) is 2.10. The van der Waals surface area contributed by atoms with E-state index in [9.17, 15) is 9.59 Å². The summed E-state index contributed by atoms with van der Waals surface area (Å²) in [5.74, 6) is 1.15. The van der Waals surface area contributed by atoms with Gasteiger partial charge in [-0.05, 0) is 43.6 Å². The van der Waals surface area contributed by atoms with Gasteiger partial charge in [0.25, 0.3) is 0 Å². The van der Waals surface area contributed by atoms with Crippen LogP contribution in [0.1, 0.15) is 37.7 Å². The van der Waals surface area contributed by atoms with Crippen LogP contribution in [0.4, 0.5) is 0 Å². The molecule has 3 nitrogen and oxygen atoms in total. The average molecular weight is 284 g/mol. The minimum absolute atomic E-state index is 0.0711. The number of esters is 1. The van der Waals surface area contributed by atoms with Crippen molar-refractivity contribution in [1.29, 1.82) is 0 Å².